The maximum atomic E-state index is 12.5. The molecule has 17 heavy (non-hydrogen) atoms. The van der Waals surface area contributed by atoms with Gasteiger partial charge < -0.3 is 14.0 Å². The van der Waals surface area contributed by atoms with Crippen LogP contribution in [0, 0.1) is 0 Å². The Kier molecular flexibility index (Phi) is 11.4. The van der Waals surface area contributed by atoms with Crippen molar-refractivity contribution in [1.29, 1.82) is 0 Å². The Hall–Kier alpha value is 0.150. The number of hydrogen-bond acceptors (Lipinski definition) is 3. The van der Waals surface area contributed by atoms with E-state index in [1.807, 2.05) is 13.8 Å². The minimum absolute atomic E-state index is 0.386. The van der Waals surface area contributed by atoms with E-state index >= 15 is 0 Å². The van der Waals surface area contributed by atoms with Crippen molar-refractivity contribution in [3.63, 3.8) is 0 Å². The van der Waals surface area contributed by atoms with Gasteiger partial charge in [-0.1, -0.05) is 32.6 Å². The van der Waals surface area contributed by atoms with Crippen LogP contribution in [0.5, 0.6) is 0 Å². The lowest BCUT2D eigenvalue weighted by Crippen LogP contribution is -2.06. The van der Waals surface area contributed by atoms with Crippen molar-refractivity contribution in [2.45, 2.75) is 52.9 Å². The first kappa shape index (κ1) is 17.2. The Bertz CT molecular complexity index is 195. The second-order valence-electron chi connectivity index (χ2n) is 4.44. The maximum absolute atomic E-state index is 12.5. The summed E-state index contributed by atoms with van der Waals surface area (Å²) in [6.45, 7) is 7.34. The zero-order valence-corrected chi connectivity index (χ0v) is 12.6. The molecule has 0 amide bonds. The smallest absolute Gasteiger partial charge is 0.136 e. The van der Waals surface area contributed by atoms with Gasteiger partial charge >= 0.3 is 0 Å². The predicted octanol–water partition coefficient (Wildman–Crippen LogP) is 4.31. The molecule has 104 valence electrons. The highest BCUT2D eigenvalue weighted by Gasteiger charge is 2.21. The van der Waals surface area contributed by atoms with Crippen molar-refractivity contribution in [3.8, 4) is 0 Å². The minimum atomic E-state index is -2.25. The maximum Gasteiger partial charge on any atom is 0.136 e. The van der Waals surface area contributed by atoms with Crippen LogP contribution in [-0.2, 0) is 14.0 Å². The van der Waals surface area contributed by atoms with Crippen LogP contribution in [0.1, 0.15) is 52.9 Å². The zero-order valence-electron chi connectivity index (χ0n) is 11.7. The molecule has 0 aliphatic carbocycles. The average Bonchev–Trinajstić information content (AvgIpc) is 2.34. The summed E-state index contributed by atoms with van der Waals surface area (Å²) >= 11 is 0. The van der Waals surface area contributed by atoms with E-state index in [0.717, 1.165) is 12.6 Å². The van der Waals surface area contributed by atoms with E-state index in [4.69, 9.17) is 9.47 Å². The van der Waals surface area contributed by atoms with Gasteiger partial charge in [-0.05, 0) is 20.3 Å². The molecule has 0 saturated heterocycles. The van der Waals surface area contributed by atoms with Crippen LogP contribution in [0.4, 0.5) is 0 Å². The zero-order chi connectivity index (χ0) is 13.0. The van der Waals surface area contributed by atoms with Crippen molar-refractivity contribution in [3.05, 3.63) is 0 Å². The quantitative estimate of drug-likeness (QED) is 0.389. The molecule has 0 spiro atoms. The summed E-state index contributed by atoms with van der Waals surface area (Å²) in [5.74, 6) is 0. The van der Waals surface area contributed by atoms with Crippen molar-refractivity contribution >= 4 is 7.14 Å². The number of unbranched alkanes of at least 4 members (excludes halogenated alkanes) is 4. The summed E-state index contributed by atoms with van der Waals surface area (Å²) in [6, 6.07) is 0. The lowest BCUT2D eigenvalue weighted by molar-refractivity contribution is 0.169. The third-order valence-corrected chi connectivity index (χ3v) is 5.17. The molecule has 0 atom stereocenters. The van der Waals surface area contributed by atoms with E-state index in [1.54, 1.807) is 0 Å². The average molecular weight is 264 g/mol. The summed E-state index contributed by atoms with van der Waals surface area (Å²) in [7, 11) is -2.25. The van der Waals surface area contributed by atoms with Crippen LogP contribution in [-0.4, -0.2) is 32.1 Å². The van der Waals surface area contributed by atoms with Gasteiger partial charge in [-0.25, -0.2) is 0 Å². The molecule has 0 fully saturated rings. The molecule has 0 radical (unpaired) electrons. The third-order valence-electron chi connectivity index (χ3n) is 2.73. The molecule has 0 unspecified atom stereocenters. The summed E-state index contributed by atoms with van der Waals surface area (Å²) in [6.07, 6.45) is 7.54. The topological polar surface area (TPSA) is 35.5 Å². The molecule has 0 aromatic carbocycles. The van der Waals surface area contributed by atoms with E-state index in [1.165, 1.54) is 25.7 Å². The van der Waals surface area contributed by atoms with E-state index in [-0.39, 0.29) is 0 Å². The summed E-state index contributed by atoms with van der Waals surface area (Å²) in [5, 5.41) is 0. The fourth-order valence-corrected chi connectivity index (χ4v) is 3.85. The first-order valence-corrected chi connectivity index (χ1v) is 9.17. The fraction of sp³-hybridized carbons (Fsp3) is 1.00. The van der Waals surface area contributed by atoms with Gasteiger partial charge in [-0.15, -0.1) is 0 Å². The van der Waals surface area contributed by atoms with Crippen LogP contribution in [0.15, 0.2) is 0 Å². The molecule has 0 N–H and O–H groups in total. The van der Waals surface area contributed by atoms with Crippen molar-refractivity contribution in [2.75, 3.05) is 32.1 Å². The van der Waals surface area contributed by atoms with Gasteiger partial charge in [0.25, 0.3) is 0 Å². The van der Waals surface area contributed by atoms with Gasteiger partial charge in [0.2, 0.25) is 0 Å². The number of ether oxygens (including phenoxy) is 2. The molecule has 0 rings (SSSR count). The molecular formula is C13H29O3P. The SMILES string of the molecule is CCCCCCCP(=O)(COCC)COCC. The molecule has 0 aromatic rings. The summed E-state index contributed by atoms with van der Waals surface area (Å²) in [5.41, 5.74) is 0. The van der Waals surface area contributed by atoms with Crippen LogP contribution in [0.3, 0.4) is 0 Å². The first-order valence-electron chi connectivity index (χ1n) is 6.91. The molecule has 0 heterocycles. The molecule has 0 bridgehead atoms. The molecule has 0 aromatic heterocycles. The Labute approximate surface area is 107 Å². The highest BCUT2D eigenvalue weighted by atomic mass is 31.2. The lowest BCUT2D eigenvalue weighted by Gasteiger charge is -2.17. The Morgan fingerprint density at radius 3 is 1.82 bits per heavy atom. The summed E-state index contributed by atoms with van der Waals surface area (Å²) < 4.78 is 23.2. The van der Waals surface area contributed by atoms with Gasteiger partial charge in [0.1, 0.15) is 19.8 Å². The van der Waals surface area contributed by atoms with E-state index in [2.05, 4.69) is 6.92 Å². The van der Waals surface area contributed by atoms with Gasteiger partial charge in [0.05, 0.1) is 0 Å². The Morgan fingerprint density at radius 2 is 1.35 bits per heavy atom. The van der Waals surface area contributed by atoms with Crippen molar-refractivity contribution < 1.29 is 14.0 Å². The van der Waals surface area contributed by atoms with Crippen LogP contribution in [0.25, 0.3) is 0 Å². The molecule has 0 saturated carbocycles. The second kappa shape index (κ2) is 11.3. The second-order valence-corrected chi connectivity index (χ2v) is 7.52. The van der Waals surface area contributed by atoms with Crippen LogP contribution in [0.2, 0.25) is 0 Å². The Morgan fingerprint density at radius 1 is 0.824 bits per heavy atom. The van der Waals surface area contributed by atoms with Gasteiger partial charge in [-0.3, -0.25) is 0 Å². The van der Waals surface area contributed by atoms with Crippen LogP contribution < -0.4 is 0 Å². The molecule has 4 heteroatoms. The molecule has 0 aliphatic heterocycles. The molecule has 0 aliphatic rings. The Balaban J connectivity index is 3.87. The predicted molar refractivity (Wildman–Crippen MR) is 74.2 cm³/mol. The normalized spacial score (nSPS) is 11.9. The monoisotopic (exact) mass is 264 g/mol. The highest BCUT2D eigenvalue weighted by Crippen LogP contribution is 2.46. The molecule has 3 nitrogen and oxygen atoms in total. The van der Waals surface area contributed by atoms with Gasteiger partial charge in [0, 0.05) is 19.4 Å². The van der Waals surface area contributed by atoms with E-state index < -0.39 is 7.14 Å². The van der Waals surface area contributed by atoms with E-state index in [0.29, 0.717) is 25.9 Å². The third kappa shape index (κ3) is 9.82. The number of hydrogen-bond donors (Lipinski definition) is 0. The highest BCUT2D eigenvalue weighted by molar-refractivity contribution is 7.63. The number of rotatable bonds is 12. The van der Waals surface area contributed by atoms with Gasteiger partial charge in [-0.2, -0.15) is 0 Å². The lowest BCUT2D eigenvalue weighted by atomic mass is 10.2. The van der Waals surface area contributed by atoms with E-state index in [9.17, 15) is 4.57 Å². The first-order chi connectivity index (χ1) is 8.18. The van der Waals surface area contributed by atoms with Crippen LogP contribution >= 0.6 is 7.14 Å². The largest absolute Gasteiger partial charge is 0.374 e. The molecular weight excluding hydrogens is 235 g/mol. The standard InChI is InChI=1S/C13H29O3P/c1-4-7-8-9-10-11-17(14,12-15-5-2)13-16-6-3/h4-13H2,1-3H3. The van der Waals surface area contributed by atoms with Gasteiger partial charge in [0.15, 0.2) is 0 Å². The summed E-state index contributed by atoms with van der Waals surface area (Å²) in [4.78, 5) is 0. The van der Waals surface area contributed by atoms with Crippen molar-refractivity contribution in [2.24, 2.45) is 0 Å². The minimum Gasteiger partial charge on any atom is -0.374 e. The van der Waals surface area contributed by atoms with Crippen molar-refractivity contribution in [1.82, 2.24) is 0 Å². The fourth-order valence-electron chi connectivity index (χ4n) is 1.69.